The Bertz CT molecular complexity index is 367. The fourth-order valence-corrected chi connectivity index (χ4v) is 2.94. The molecule has 2 rings (SSSR count). The average molecular weight is 286 g/mol. The number of hydrogen-bond donors (Lipinski definition) is 1. The molecule has 1 aliphatic rings. The molecule has 3 heteroatoms. The van der Waals surface area contributed by atoms with Crippen molar-refractivity contribution < 1.29 is 4.39 Å². The molecule has 0 amide bonds. The highest BCUT2D eigenvalue weighted by molar-refractivity contribution is 9.10. The topological polar surface area (TPSA) is 12.0 Å². The second-order valence-corrected chi connectivity index (χ2v) is 5.35. The van der Waals surface area contributed by atoms with Crippen molar-refractivity contribution in [3.05, 3.63) is 34.1 Å². The Morgan fingerprint density at radius 1 is 1.44 bits per heavy atom. The maximum Gasteiger partial charge on any atom is 0.126 e. The maximum absolute atomic E-state index is 13.7. The quantitative estimate of drug-likeness (QED) is 0.890. The van der Waals surface area contributed by atoms with Gasteiger partial charge in [-0.05, 0) is 55.5 Å². The van der Waals surface area contributed by atoms with Gasteiger partial charge < -0.3 is 5.32 Å². The van der Waals surface area contributed by atoms with E-state index in [-0.39, 0.29) is 5.82 Å². The molecule has 0 bridgehead atoms. The number of halogens is 2. The minimum Gasteiger partial charge on any atom is -0.314 e. The molecule has 0 aliphatic heterocycles. The van der Waals surface area contributed by atoms with Gasteiger partial charge >= 0.3 is 0 Å². The van der Waals surface area contributed by atoms with E-state index in [1.165, 1.54) is 0 Å². The number of rotatable bonds is 3. The van der Waals surface area contributed by atoms with Crippen molar-refractivity contribution in [1.29, 1.82) is 0 Å². The molecule has 1 fully saturated rings. The molecule has 0 radical (unpaired) electrons. The van der Waals surface area contributed by atoms with Gasteiger partial charge in [0.15, 0.2) is 0 Å². The molecule has 88 valence electrons. The molecule has 1 aliphatic carbocycles. The Balaban J connectivity index is 2.11. The van der Waals surface area contributed by atoms with Gasteiger partial charge in [0.2, 0.25) is 0 Å². The third kappa shape index (κ3) is 2.64. The summed E-state index contributed by atoms with van der Waals surface area (Å²) >= 11 is 3.41. The molecule has 1 aromatic carbocycles. The third-order valence-corrected chi connectivity index (χ3v) is 3.82. The molecular weight excluding hydrogens is 269 g/mol. The largest absolute Gasteiger partial charge is 0.314 e. The molecule has 16 heavy (non-hydrogen) atoms. The number of nitrogens with one attached hydrogen (secondary N) is 1. The second-order valence-electron chi connectivity index (χ2n) is 4.43. The van der Waals surface area contributed by atoms with E-state index < -0.39 is 0 Å². The van der Waals surface area contributed by atoms with Crippen molar-refractivity contribution in [2.45, 2.75) is 38.1 Å². The first-order valence-electron chi connectivity index (χ1n) is 5.89. The lowest BCUT2D eigenvalue weighted by Crippen LogP contribution is -2.25. The van der Waals surface area contributed by atoms with Gasteiger partial charge in [-0.15, -0.1) is 0 Å². The zero-order valence-corrected chi connectivity index (χ0v) is 11.1. The van der Waals surface area contributed by atoms with Gasteiger partial charge in [-0.2, -0.15) is 0 Å². The summed E-state index contributed by atoms with van der Waals surface area (Å²) in [5.74, 6) is 0.312. The molecule has 0 saturated heterocycles. The Labute approximate surface area is 105 Å². The van der Waals surface area contributed by atoms with Crippen molar-refractivity contribution in [2.24, 2.45) is 0 Å². The first-order valence-corrected chi connectivity index (χ1v) is 6.68. The van der Waals surface area contributed by atoms with Gasteiger partial charge in [-0.1, -0.05) is 22.9 Å². The molecule has 0 spiro atoms. The normalized spacial score (nSPS) is 24.9. The van der Waals surface area contributed by atoms with Crippen LogP contribution in [0, 0.1) is 5.82 Å². The van der Waals surface area contributed by atoms with Crippen LogP contribution in [0.5, 0.6) is 0 Å². The van der Waals surface area contributed by atoms with E-state index in [0.717, 1.165) is 35.8 Å². The smallest absolute Gasteiger partial charge is 0.126 e. The molecule has 1 aromatic rings. The molecule has 1 N–H and O–H groups in total. The van der Waals surface area contributed by atoms with Crippen molar-refractivity contribution in [3.63, 3.8) is 0 Å². The van der Waals surface area contributed by atoms with Gasteiger partial charge in [0, 0.05) is 10.5 Å². The minimum absolute atomic E-state index is 0.0645. The zero-order chi connectivity index (χ0) is 11.5. The van der Waals surface area contributed by atoms with Crippen molar-refractivity contribution in [1.82, 2.24) is 5.32 Å². The van der Waals surface area contributed by atoms with Crippen LogP contribution in [0.15, 0.2) is 22.7 Å². The summed E-state index contributed by atoms with van der Waals surface area (Å²) in [5.41, 5.74) is 0.870. The van der Waals surface area contributed by atoms with E-state index in [1.807, 2.05) is 6.07 Å². The highest BCUT2D eigenvalue weighted by Crippen LogP contribution is 2.36. The maximum atomic E-state index is 13.7. The highest BCUT2D eigenvalue weighted by Gasteiger charge is 2.27. The summed E-state index contributed by atoms with van der Waals surface area (Å²) in [6.45, 7) is 3.12. The molecular formula is C13H17BrFN. The Kier molecular flexibility index (Phi) is 3.98. The van der Waals surface area contributed by atoms with Gasteiger partial charge in [0.1, 0.15) is 5.82 Å². The van der Waals surface area contributed by atoms with Gasteiger partial charge in [-0.25, -0.2) is 4.39 Å². The predicted molar refractivity (Wildman–Crippen MR) is 68.2 cm³/mol. The summed E-state index contributed by atoms with van der Waals surface area (Å²) in [5, 5.41) is 3.44. The SMILES string of the molecule is CCNC1CCC(c2cc(Br)ccc2F)C1. The zero-order valence-electron chi connectivity index (χ0n) is 9.47. The van der Waals surface area contributed by atoms with Crippen LogP contribution in [0.3, 0.4) is 0 Å². The van der Waals surface area contributed by atoms with E-state index in [1.54, 1.807) is 12.1 Å². The van der Waals surface area contributed by atoms with E-state index in [9.17, 15) is 4.39 Å². The van der Waals surface area contributed by atoms with Gasteiger partial charge in [0.05, 0.1) is 0 Å². The van der Waals surface area contributed by atoms with Crippen LogP contribution in [0.4, 0.5) is 4.39 Å². The van der Waals surface area contributed by atoms with Gasteiger partial charge in [0.25, 0.3) is 0 Å². The lowest BCUT2D eigenvalue weighted by molar-refractivity contribution is 0.527. The molecule has 1 saturated carbocycles. The van der Waals surface area contributed by atoms with E-state index in [0.29, 0.717) is 12.0 Å². The molecule has 1 nitrogen and oxygen atoms in total. The van der Waals surface area contributed by atoms with Crippen LogP contribution in [0.2, 0.25) is 0 Å². The lowest BCUT2D eigenvalue weighted by atomic mass is 9.97. The van der Waals surface area contributed by atoms with Crippen molar-refractivity contribution in [2.75, 3.05) is 6.54 Å². The summed E-state index contributed by atoms with van der Waals surface area (Å²) in [4.78, 5) is 0. The first kappa shape index (κ1) is 12.1. The van der Waals surface area contributed by atoms with E-state index in [2.05, 4.69) is 28.2 Å². The summed E-state index contributed by atoms with van der Waals surface area (Å²) in [6.07, 6.45) is 3.30. The fourth-order valence-electron chi connectivity index (χ4n) is 2.57. The second kappa shape index (κ2) is 5.28. The van der Waals surface area contributed by atoms with Crippen LogP contribution in [-0.4, -0.2) is 12.6 Å². The monoisotopic (exact) mass is 285 g/mol. The Morgan fingerprint density at radius 3 is 3.00 bits per heavy atom. The van der Waals surface area contributed by atoms with E-state index in [4.69, 9.17) is 0 Å². The summed E-state index contributed by atoms with van der Waals surface area (Å²) < 4.78 is 14.7. The van der Waals surface area contributed by atoms with Crippen molar-refractivity contribution >= 4 is 15.9 Å². The average Bonchev–Trinajstić information content (AvgIpc) is 2.71. The lowest BCUT2D eigenvalue weighted by Gasteiger charge is -2.13. The number of hydrogen-bond acceptors (Lipinski definition) is 1. The minimum atomic E-state index is -0.0645. The molecule has 0 aromatic heterocycles. The summed E-state index contributed by atoms with van der Waals surface area (Å²) in [6, 6.07) is 5.80. The Morgan fingerprint density at radius 2 is 2.25 bits per heavy atom. The Hall–Kier alpha value is -0.410. The van der Waals surface area contributed by atoms with Crippen molar-refractivity contribution in [3.8, 4) is 0 Å². The van der Waals surface area contributed by atoms with Gasteiger partial charge in [-0.3, -0.25) is 0 Å². The molecule has 0 heterocycles. The number of benzene rings is 1. The highest BCUT2D eigenvalue weighted by atomic mass is 79.9. The molecule has 2 unspecified atom stereocenters. The predicted octanol–water partition coefficient (Wildman–Crippen LogP) is 3.83. The first-order chi connectivity index (χ1) is 7.70. The molecule has 2 atom stereocenters. The van der Waals surface area contributed by atoms with Crippen LogP contribution in [0.1, 0.15) is 37.7 Å². The van der Waals surface area contributed by atoms with Crippen LogP contribution in [-0.2, 0) is 0 Å². The van der Waals surface area contributed by atoms with Crippen LogP contribution in [0.25, 0.3) is 0 Å². The standard InChI is InChI=1S/C13H17BrFN/c1-2-16-11-5-3-9(7-11)12-8-10(14)4-6-13(12)15/h4,6,8-9,11,16H,2-3,5,7H2,1H3. The van der Waals surface area contributed by atoms with Crippen LogP contribution >= 0.6 is 15.9 Å². The third-order valence-electron chi connectivity index (χ3n) is 3.32. The van der Waals surface area contributed by atoms with Crippen LogP contribution < -0.4 is 5.32 Å². The summed E-state index contributed by atoms with van der Waals surface area (Å²) in [7, 11) is 0. The van der Waals surface area contributed by atoms with E-state index >= 15 is 0 Å². The fraction of sp³-hybridized carbons (Fsp3) is 0.538.